The lowest BCUT2D eigenvalue weighted by molar-refractivity contribution is -0.147. The van der Waals surface area contributed by atoms with Gasteiger partial charge in [0.25, 0.3) is 0 Å². The van der Waals surface area contributed by atoms with Crippen molar-refractivity contribution >= 4 is 11.9 Å². The molecule has 0 aliphatic rings. The first-order chi connectivity index (χ1) is 20.6. The number of hydrogen-bond donors (Lipinski definition) is 1. The number of rotatable bonds is 33. The van der Waals surface area contributed by atoms with E-state index < -0.39 is 5.97 Å². The molecule has 0 aromatic heterocycles. The third-order valence-corrected chi connectivity index (χ3v) is 8.13. The fourth-order valence-corrected chi connectivity index (χ4v) is 5.38. The maximum Gasteiger partial charge on any atom is 0.306 e. The second kappa shape index (κ2) is 33.9. The summed E-state index contributed by atoms with van der Waals surface area (Å²) in [5, 5.41) is 8.80. The highest BCUT2D eigenvalue weighted by Gasteiger charge is 2.11. The van der Waals surface area contributed by atoms with Gasteiger partial charge >= 0.3 is 11.9 Å². The van der Waals surface area contributed by atoms with E-state index in [0.29, 0.717) is 6.42 Å². The van der Waals surface area contributed by atoms with Gasteiger partial charge in [-0.3, -0.25) is 9.59 Å². The molecule has 0 aromatic carbocycles. The van der Waals surface area contributed by atoms with Crippen LogP contribution in [0.3, 0.4) is 0 Å². The van der Waals surface area contributed by atoms with Crippen molar-refractivity contribution in [2.75, 3.05) is 0 Å². The Kier molecular flexibility index (Phi) is 32.6. The van der Waals surface area contributed by atoms with Crippen LogP contribution in [0.4, 0.5) is 0 Å². The Bertz CT molecular complexity index is 639. The Balaban J connectivity index is 3.89. The lowest BCUT2D eigenvalue weighted by Gasteiger charge is -2.15. The number of carbonyl (C=O) groups is 2. The summed E-state index contributed by atoms with van der Waals surface area (Å²) in [6.45, 7) is 4.51. The molecule has 1 unspecified atom stereocenters. The van der Waals surface area contributed by atoms with Crippen LogP contribution in [-0.2, 0) is 14.3 Å². The molecule has 0 bridgehead atoms. The van der Waals surface area contributed by atoms with Gasteiger partial charge in [-0.25, -0.2) is 0 Å². The number of hydrogen-bond acceptors (Lipinski definition) is 3. The van der Waals surface area contributed by atoms with Crippen LogP contribution in [0, 0.1) is 0 Å². The molecular formula is C38H70O4. The molecule has 0 saturated carbocycles. The maximum atomic E-state index is 12.5. The van der Waals surface area contributed by atoms with E-state index in [0.717, 1.165) is 51.4 Å². The van der Waals surface area contributed by atoms with E-state index in [-0.39, 0.29) is 18.5 Å². The number of unbranched alkanes of at least 4 members (excludes halogenated alkanes) is 22. The average molecular weight is 591 g/mol. The number of carbonyl (C=O) groups excluding carboxylic acids is 1. The molecule has 0 radical (unpaired) electrons. The average Bonchev–Trinajstić information content (AvgIpc) is 2.97. The van der Waals surface area contributed by atoms with E-state index in [1.807, 2.05) is 0 Å². The number of aliphatic carboxylic acids is 1. The van der Waals surface area contributed by atoms with Crippen LogP contribution in [0.1, 0.15) is 200 Å². The summed E-state index contributed by atoms with van der Waals surface area (Å²) in [5.74, 6) is -0.789. The molecule has 0 aliphatic carbocycles. The van der Waals surface area contributed by atoms with Crippen LogP contribution in [0.15, 0.2) is 24.3 Å². The van der Waals surface area contributed by atoms with Crippen molar-refractivity contribution < 1.29 is 19.4 Å². The molecule has 4 nitrogen and oxygen atoms in total. The van der Waals surface area contributed by atoms with Gasteiger partial charge in [-0.1, -0.05) is 141 Å². The van der Waals surface area contributed by atoms with Gasteiger partial charge in [0.1, 0.15) is 6.10 Å². The highest BCUT2D eigenvalue weighted by Crippen LogP contribution is 2.15. The maximum absolute atomic E-state index is 12.5. The van der Waals surface area contributed by atoms with Gasteiger partial charge in [0, 0.05) is 12.8 Å². The highest BCUT2D eigenvalue weighted by atomic mass is 16.5. The fraction of sp³-hybridized carbons (Fsp3) is 0.842. The van der Waals surface area contributed by atoms with Gasteiger partial charge in [-0.2, -0.15) is 0 Å². The minimum absolute atomic E-state index is 0.0678. The lowest BCUT2D eigenvalue weighted by Crippen LogP contribution is -2.16. The number of carboxylic acids is 1. The summed E-state index contributed by atoms with van der Waals surface area (Å²) in [5.41, 5.74) is 0. The number of esters is 1. The van der Waals surface area contributed by atoms with E-state index in [1.54, 1.807) is 0 Å². The minimum Gasteiger partial charge on any atom is -0.481 e. The highest BCUT2D eigenvalue weighted by molar-refractivity contribution is 5.69. The summed E-state index contributed by atoms with van der Waals surface area (Å²) < 4.78 is 5.85. The van der Waals surface area contributed by atoms with Gasteiger partial charge in [0.05, 0.1) is 0 Å². The minimum atomic E-state index is -0.722. The first kappa shape index (κ1) is 40.4. The molecule has 1 N–H and O–H groups in total. The lowest BCUT2D eigenvalue weighted by atomic mass is 10.1. The molecule has 1 atom stereocenters. The first-order valence-corrected chi connectivity index (χ1v) is 18.3. The van der Waals surface area contributed by atoms with E-state index in [2.05, 4.69) is 38.2 Å². The second-order valence-electron chi connectivity index (χ2n) is 12.4. The Morgan fingerprint density at radius 2 is 0.929 bits per heavy atom. The molecule has 4 heteroatoms. The van der Waals surface area contributed by atoms with Gasteiger partial charge in [0.15, 0.2) is 0 Å². The van der Waals surface area contributed by atoms with Gasteiger partial charge < -0.3 is 9.84 Å². The molecule has 42 heavy (non-hydrogen) atoms. The quantitative estimate of drug-likeness (QED) is 0.0469. The molecule has 0 rings (SSSR count). The van der Waals surface area contributed by atoms with Crippen LogP contribution in [-0.4, -0.2) is 23.1 Å². The molecule has 0 spiro atoms. The molecule has 246 valence electrons. The van der Waals surface area contributed by atoms with Crippen LogP contribution in [0.2, 0.25) is 0 Å². The Labute approximate surface area is 261 Å². The van der Waals surface area contributed by atoms with Gasteiger partial charge in [0.2, 0.25) is 0 Å². The molecule has 0 aromatic rings. The van der Waals surface area contributed by atoms with Crippen molar-refractivity contribution in [1.82, 2.24) is 0 Å². The molecule has 0 saturated heterocycles. The SMILES string of the molecule is CCCCCCC/C=C\C(CCCCCCC(=O)O)OC(=O)CCCCCCCCC/C=C\CCCCCCCCC. The normalized spacial score (nSPS) is 12.4. The van der Waals surface area contributed by atoms with Crippen molar-refractivity contribution in [3.63, 3.8) is 0 Å². The summed E-state index contributed by atoms with van der Waals surface area (Å²) in [4.78, 5) is 23.2. The molecule has 0 fully saturated rings. The standard InChI is InChI=1S/C38H70O4/c1-3-5-7-9-11-12-13-14-15-16-17-18-19-20-21-23-25-31-35-38(41)42-36(32-28-24-22-10-8-6-4-2)33-29-26-27-30-34-37(39)40/h15-16,28,32,36H,3-14,17-27,29-31,33-35H2,1-2H3,(H,39,40)/b16-15-,32-28-. The Morgan fingerprint density at radius 1 is 0.524 bits per heavy atom. The Hall–Kier alpha value is -1.58. The zero-order valence-corrected chi connectivity index (χ0v) is 28.1. The zero-order valence-electron chi connectivity index (χ0n) is 28.1. The number of carboxylic acid groups (broad SMARTS) is 1. The van der Waals surface area contributed by atoms with Gasteiger partial charge in [-0.15, -0.1) is 0 Å². The summed E-state index contributed by atoms with van der Waals surface area (Å²) in [6.07, 6.45) is 42.1. The van der Waals surface area contributed by atoms with Crippen LogP contribution in [0.5, 0.6) is 0 Å². The Morgan fingerprint density at radius 3 is 1.43 bits per heavy atom. The van der Waals surface area contributed by atoms with E-state index in [9.17, 15) is 9.59 Å². The third kappa shape index (κ3) is 32.9. The summed E-state index contributed by atoms with van der Waals surface area (Å²) >= 11 is 0. The predicted molar refractivity (Wildman–Crippen MR) is 181 cm³/mol. The summed E-state index contributed by atoms with van der Waals surface area (Å²) in [7, 11) is 0. The van der Waals surface area contributed by atoms with Crippen LogP contribution < -0.4 is 0 Å². The molecular weight excluding hydrogens is 520 g/mol. The van der Waals surface area contributed by atoms with Crippen molar-refractivity contribution in [2.45, 2.75) is 206 Å². The third-order valence-electron chi connectivity index (χ3n) is 8.13. The molecule has 0 heterocycles. The largest absolute Gasteiger partial charge is 0.481 e. The van der Waals surface area contributed by atoms with E-state index in [4.69, 9.17) is 9.84 Å². The van der Waals surface area contributed by atoms with Crippen molar-refractivity contribution in [1.29, 1.82) is 0 Å². The van der Waals surface area contributed by atoms with E-state index in [1.165, 1.54) is 122 Å². The van der Waals surface area contributed by atoms with Crippen molar-refractivity contribution in [2.24, 2.45) is 0 Å². The molecule has 0 aliphatic heterocycles. The van der Waals surface area contributed by atoms with Crippen molar-refractivity contribution in [3.05, 3.63) is 24.3 Å². The van der Waals surface area contributed by atoms with E-state index >= 15 is 0 Å². The topological polar surface area (TPSA) is 63.6 Å². The number of ether oxygens (including phenoxy) is 1. The monoisotopic (exact) mass is 591 g/mol. The smallest absolute Gasteiger partial charge is 0.306 e. The van der Waals surface area contributed by atoms with Crippen LogP contribution in [0.25, 0.3) is 0 Å². The van der Waals surface area contributed by atoms with Crippen molar-refractivity contribution in [3.8, 4) is 0 Å². The second-order valence-corrected chi connectivity index (χ2v) is 12.4. The fourth-order valence-electron chi connectivity index (χ4n) is 5.38. The summed E-state index contributed by atoms with van der Waals surface area (Å²) in [6, 6.07) is 0. The van der Waals surface area contributed by atoms with Gasteiger partial charge in [-0.05, 0) is 70.3 Å². The zero-order chi connectivity index (χ0) is 30.8. The predicted octanol–water partition coefficient (Wildman–Crippen LogP) is 12.4. The number of allylic oxidation sites excluding steroid dienone is 3. The van der Waals surface area contributed by atoms with Crippen LogP contribution >= 0.6 is 0 Å². The first-order valence-electron chi connectivity index (χ1n) is 18.3. The molecule has 0 amide bonds.